The number of amides is 5. The lowest BCUT2D eigenvalue weighted by molar-refractivity contribution is -0.145. The fourth-order valence-corrected chi connectivity index (χ4v) is 6.46. The number of hydrogen-bond acceptors (Lipinski definition) is 7. The molecule has 1 aliphatic heterocycles. The van der Waals surface area contributed by atoms with Gasteiger partial charge in [-0.05, 0) is 35.0 Å². The van der Waals surface area contributed by atoms with E-state index >= 15 is 0 Å². The maximum atomic E-state index is 14.2. The number of rotatable bonds is 15. The van der Waals surface area contributed by atoms with Crippen molar-refractivity contribution in [1.29, 1.82) is 0 Å². The van der Waals surface area contributed by atoms with Gasteiger partial charge in [-0.25, -0.2) is 17.5 Å². The Balaban J connectivity index is 2.30. The van der Waals surface area contributed by atoms with E-state index in [0.29, 0.717) is 13.0 Å². The number of piperidine rings is 1. The molecule has 0 bridgehead atoms. The number of carbonyl (C=O) groups is 5. The molecule has 0 spiro atoms. The van der Waals surface area contributed by atoms with E-state index in [1.165, 1.54) is 18.0 Å². The number of ketones is 1. The summed E-state index contributed by atoms with van der Waals surface area (Å²) in [5.41, 5.74) is -0.957. The van der Waals surface area contributed by atoms with Crippen molar-refractivity contribution in [1.82, 2.24) is 30.5 Å². The Bertz CT molecular complexity index is 1260. The number of Topliss-reactive ketones (excluding diaryl/α,β-unsaturated/α-hetero) is 1. The molecule has 1 heterocycles. The van der Waals surface area contributed by atoms with Crippen LogP contribution in [0.2, 0.25) is 0 Å². The number of likely N-dealkylation sites (tertiary alicyclic amines) is 1. The summed E-state index contributed by atoms with van der Waals surface area (Å²) in [6.07, 6.45) is 3.33. The SMILES string of the molecule is C=CCNC(=O)C(=O)C(CCC)NC(=O)[C@@H]1[C@@H]2[C@H](CN1C(=O)[C@@H](NC(=O)N[C@H](CN(C)S(C)(=O)=O)C(C)C)C(C)(C)C)C2(C)C. The molecule has 2 fully saturated rings. The van der Waals surface area contributed by atoms with E-state index in [9.17, 15) is 32.4 Å². The smallest absolute Gasteiger partial charge is 0.315 e. The predicted octanol–water partition coefficient (Wildman–Crippen LogP) is 1.26. The number of urea groups is 1. The largest absolute Gasteiger partial charge is 0.346 e. The first-order valence-corrected chi connectivity index (χ1v) is 17.5. The second kappa shape index (κ2) is 14.6. The van der Waals surface area contributed by atoms with Gasteiger partial charge in [-0.3, -0.25) is 19.2 Å². The fraction of sp³-hybridized carbons (Fsp3) is 0.774. The highest BCUT2D eigenvalue weighted by atomic mass is 32.2. The molecule has 5 amide bonds. The Labute approximate surface area is 268 Å². The normalized spacial score (nSPS) is 22.6. The van der Waals surface area contributed by atoms with Crippen LogP contribution >= 0.6 is 0 Å². The van der Waals surface area contributed by atoms with Crippen molar-refractivity contribution in [2.75, 3.05) is 32.9 Å². The molecule has 2 rings (SSSR count). The molecule has 256 valence electrons. The number of nitrogens with zero attached hydrogens (tertiary/aromatic N) is 2. The maximum absolute atomic E-state index is 14.2. The van der Waals surface area contributed by atoms with Crippen molar-refractivity contribution in [3.05, 3.63) is 12.7 Å². The summed E-state index contributed by atoms with van der Waals surface area (Å²) in [6.45, 7) is 19.0. The van der Waals surface area contributed by atoms with Crippen LogP contribution in [0, 0.1) is 28.6 Å². The van der Waals surface area contributed by atoms with Gasteiger partial charge in [0.1, 0.15) is 12.1 Å². The molecular formula is C31H54N6O7S. The number of nitrogens with one attached hydrogen (secondary N) is 4. The van der Waals surface area contributed by atoms with Gasteiger partial charge in [-0.2, -0.15) is 0 Å². The zero-order valence-electron chi connectivity index (χ0n) is 28.5. The molecule has 0 aromatic rings. The average Bonchev–Trinajstić information content (AvgIpc) is 3.23. The third-order valence-corrected chi connectivity index (χ3v) is 10.4. The summed E-state index contributed by atoms with van der Waals surface area (Å²) >= 11 is 0. The van der Waals surface area contributed by atoms with Gasteiger partial charge in [0.2, 0.25) is 27.6 Å². The summed E-state index contributed by atoms with van der Waals surface area (Å²) in [6, 6.07) is -4.12. The van der Waals surface area contributed by atoms with Crippen LogP contribution < -0.4 is 21.3 Å². The predicted molar refractivity (Wildman–Crippen MR) is 172 cm³/mol. The molecule has 1 saturated carbocycles. The Morgan fingerprint density at radius 3 is 2.18 bits per heavy atom. The van der Waals surface area contributed by atoms with Gasteiger partial charge in [0.25, 0.3) is 5.91 Å². The van der Waals surface area contributed by atoms with Gasteiger partial charge < -0.3 is 26.2 Å². The maximum Gasteiger partial charge on any atom is 0.315 e. The average molecular weight is 655 g/mol. The van der Waals surface area contributed by atoms with Crippen LogP contribution in [-0.2, 0) is 29.2 Å². The summed E-state index contributed by atoms with van der Waals surface area (Å²) < 4.78 is 25.1. The van der Waals surface area contributed by atoms with E-state index in [1.54, 1.807) is 20.8 Å². The van der Waals surface area contributed by atoms with E-state index in [-0.39, 0.29) is 42.7 Å². The second-order valence-electron chi connectivity index (χ2n) is 14.4. The van der Waals surface area contributed by atoms with E-state index in [0.717, 1.165) is 10.6 Å². The zero-order chi connectivity index (χ0) is 34.7. The van der Waals surface area contributed by atoms with Crippen molar-refractivity contribution in [3.8, 4) is 0 Å². The van der Waals surface area contributed by atoms with Crippen LogP contribution in [0.5, 0.6) is 0 Å². The second-order valence-corrected chi connectivity index (χ2v) is 16.5. The minimum absolute atomic E-state index is 0.0497. The van der Waals surface area contributed by atoms with Gasteiger partial charge >= 0.3 is 6.03 Å². The van der Waals surface area contributed by atoms with E-state index < -0.39 is 69.1 Å². The highest BCUT2D eigenvalue weighted by molar-refractivity contribution is 7.88. The number of carbonyl (C=O) groups excluding carboxylic acids is 5. The number of likely N-dealkylation sites (N-methyl/N-ethyl adjacent to an activating group) is 1. The minimum Gasteiger partial charge on any atom is -0.346 e. The van der Waals surface area contributed by atoms with Gasteiger partial charge in [0.05, 0.1) is 12.3 Å². The van der Waals surface area contributed by atoms with Gasteiger partial charge in [0, 0.05) is 32.7 Å². The van der Waals surface area contributed by atoms with Gasteiger partial charge in [0.15, 0.2) is 0 Å². The summed E-state index contributed by atoms with van der Waals surface area (Å²) in [5.74, 6) is -2.73. The molecular weight excluding hydrogens is 600 g/mol. The van der Waals surface area contributed by atoms with Crippen molar-refractivity contribution in [2.45, 2.75) is 92.4 Å². The molecule has 4 N–H and O–H groups in total. The minimum atomic E-state index is -3.47. The molecule has 6 atom stereocenters. The van der Waals surface area contributed by atoms with Crippen LogP contribution in [0.25, 0.3) is 0 Å². The van der Waals surface area contributed by atoms with Crippen molar-refractivity contribution >= 4 is 39.6 Å². The first kappa shape index (κ1) is 38.2. The molecule has 1 unspecified atom stereocenters. The topological polar surface area (TPSA) is 174 Å². The molecule has 45 heavy (non-hydrogen) atoms. The number of fused-ring (bicyclic) bond motifs is 1. The van der Waals surface area contributed by atoms with Crippen LogP contribution in [0.15, 0.2) is 12.7 Å². The van der Waals surface area contributed by atoms with Crippen LogP contribution in [0.1, 0.15) is 68.2 Å². The first-order chi connectivity index (χ1) is 20.6. The Morgan fingerprint density at radius 2 is 1.69 bits per heavy atom. The third-order valence-electron chi connectivity index (χ3n) is 9.13. The first-order valence-electron chi connectivity index (χ1n) is 15.6. The molecule has 0 aromatic carbocycles. The van der Waals surface area contributed by atoms with E-state index in [2.05, 4.69) is 27.8 Å². The summed E-state index contributed by atoms with van der Waals surface area (Å²) in [7, 11) is -2.04. The lowest BCUT2D eigenvalue weighted by Gasteiger charge is -2.38. The van der Waals surface area contributed by atoms with E-state index in [4.69, 9.17) is 0 Å². The standard InChI is InChI=1S/C31H54N6O7S/c1-12-14-20(24(38)27(40)32-15-13-2)33-26(39)23-22-19(31(22,8)9)16-37(23)28(41)25(30(5,6)7)35-29(42)34-21(18(3)4)17-36(10)45(11,43)44/h13,18-23,25H,2,12,14-17H2,1,3-11H3,(H,32,40)(H,33,39)(H2,34,35,42)/t19-,20?,21+,22-,23-,25+/m0/s1. The highest BCUT2D eigenvalue weighted by Gasteiger charge is 2.70. The van der Waals surface area contributed by atoms with Gasteiger partial charge in [-0.1, -0.05) is 67.9 Å². The quantitative estimate of drug-likeness (QED) is 0.152. The highest BCUT2D eigenvalue weighted by Crippen LogP contribution is 2.65. The number of sulfonamides is 1. The van der Waals surface area contributed by atoms with Gasteiger partial charge in [-0.15, -0.1) is 6.58 Å². The van der Waals surface area contributed by atoms with Crippen LogP contribution in [-0.4, -0.2) is 104 Å². The van der Waals surface area contributed by atoms with Crippen molar-refractivity contribution < 1.29 is 32.4 Å². The molecule has 0 radical (unpaired) electrons. The van der Waals surface area contributed by atoms with Crippen LogP contribution in [0.3, 0.4) is 0 Å². The van der Waals surface area contributed by atoms with Crippen LogP contribution in [0.4, 0.5) is 4.79 Å². The Hall–Kier alpha value is -3.00. The lowest BCUT2D eigenvalue weighted by Crippen LogP contribution is -2.62. The molecule has 2 aliphatic rings. The van der Waals surface area contributed by atoms with E-state index in [1.807, 2.05) is 34.6 Å². The summed E-state index contributed by atoms with van der Waals surface area (Å²) in [4.78, 5) is 68.1. The molecule has 14 heteroatoms. The fourth-order valence-electron chi connectivity index (χ4n) is 6.03. The molecule has 1 saturated heterocycles. The third kappa shape index (κ3) is 9.27. The summed E-state index contributed by atoms with van der Waals surface area (Å²) in [5, 5.41) is 10.8. The number of hydrogen-bond donors (Lipinski definition) is 4. The van der Waals surface area contributed by atoms with Crippen molar-refractivity contribution in [2.24, 2.45) is 28.6 Å². The van der Waals surface area contributed by atoms with Crippen molar-refractivity contribution in [3.63, 3.8) is 0 Å². The lowest BCUT2D eigenvalue weighted by atomic mass is 9.85. The molecule has 13 nitrogen and oxygen atoms in total. The molecule has 0 aromatic heterocycles. The Kier molecular flexibility index (Phi) is 12.4. The Morgan fingerprint density at radius 1 is 1.09 bits per heavy atom. The molecule has 1 aliphatic carbocycles. The monoisotopic (exact) mass is 654 g/mol. The zero-order valence-corrected chi connectivity index (χ0v) is 29.3.